The van der Waals surface area contributed by atoms with Gasteiger partial charge in [0, 0.05) is 23.2 Å². The summed E-state index contributed by atoms with van der Waals surface area (Å²) in [6.45, 7) is 0. The Kier molecular flexibility index (Phi) is 2.32. The zero-order valence-corrected chi connectivity index (χ0v) is 8.41. The number of nitrogens with two attached hydrogens (primary N) is 1. The minimum atomic E-state index is 0.566. The van der Waals surface area contributed by atoms with Crippen LogP contribution in [0.1, 0.15) is 0 Å². The van der Waals surface area contributed by atoms with Gasteiger partial charge in [-0.15, -0.1) is 11.3 Å². The van der Waals surface area contributed by atoms with E-state index in [9.17, 15) is 0 Å². The van der Waals surface area contributed by atoms with Crippen molar-refractivity contribution in [2.45, 2.75) is 0 Å². The number of aromatic nitrogens is 2. The van der Waals surface area contributed by atoms with E-state index < -0.39 is 0 Å². The average molecular weight is 207 g/mol. The minimum Gasteiger partial charge on any atom is -0.481 e. The molecule has 0 amide bonds. The molecule has 2 heterocycles. The van der Waals surface area contributed by atoms with Gasteiger partial charge in [0.2, 0.25) is 5.88 Å². The predicted molar refractivity (Wildman–Crippen MR) is 56.3 cm³/mol. The van der Waals surface area contributed by atoms with Crippen LogP contribution in [0, 0.1) is 0 Å². The van der Waals surface area contributed by atoms with Crippen molar-refractivity contribution in [1.29, 1.82) is 0 Å². The summed E-state index contributed by atoms with van der Waals surface area (Å²) in [6, 6.07) is 3.70. The zero-order valence-electron chi connectivity index (χ0n) is 7.60. The summed E-state index contributed by atoms with van der Waals surface area (Å²) in [5.74, 6) is 0.578. The summed E-state index contributed by atoms with van der Waals surface area (Å²) in [4.78, 5) is 8.18. The smallest absolute Gasteiger partial charge is 0.213 e. The number of rotatable bonds is 2. The molecule has 0 atom stereocenters. The van der Waals surface area contributed by atoms with Crippen molar-refractivity contribution in [2.75, 3.05) is 12.8 Å². The average Bonchev–Trinajstić information content (AvgIpc) is 2.65. The van der Waals surface area contributed by atoms with Gasteiger partial charge in [0.1, 0.15) is 0 Å². The van der Waals surface area contributed by atoms with Gasteiger partial charge < -0.3 is 10.5 Å². The highest BCUT2D eigenvalue weighted by atomic mass is 32.1. The van der Waals surface area contributed by atoms with Crippen molar-refractivity contribution in [3.05, 3.63) is 23.7 Å². The van der Waals surface area contributed by atoms with E-state index in [0.717, 1.165) is 11.3 Å². The molecule has 0 aromatic carbocycles. The van der Waals surface area contributed by atoms with Crippen molar-refractivity contribution in [3.8, 4) is 17.1 Å². The highest BCUT2D eigenvalue weighted by molar-refractivity contribution is 7.13. The second kappa shape index (κ2) is 3.63. The summed E-state index contributed by atoms with van der Waals surface area (Å²) in [5, 5.41) is 2.47. The lowest BCUT2D eigenvalue weighted by atomic mass is 10.2. The standard InChI is InChI=1S/C9H9N3OS/c1-13-8-4-6(2-3-11-8)7-5-14-9(10)12-7/h2-5H,1H3,(H2,10,12). The molecule has 14 heavy (non-hydrogen) atoms. The van der Waals surface area contributed by atoms with E-state index in [1.165, 1.54) is 11.3 Å². The van der Waals surface area contributed by atoms with Crippen LogP contribution < -0.4 is 10.5 Å². The Balaban J connectivity index is 2.41. The summed E-state index contributed by atoms with van der Waals surface area (Å²) in [7, 11) is 1.58. The number of thiazole rings is 1. The summed E-state index contributed by atoms with van der Waals surface area (Å²) in [5.41, 5.74) is 7.36. The molecule has 0 saturated heterocycles. The topological polar surface area (TPSA) is 61.0 Å². The molecule has 4 nitrogen and oxygen atoms in total. The SMILES string of the molecule is COc1cc(-c2csc(N)n2)ccn1. The molecular formula is C9H9N3OS. The van der Waals surface area contributed by atoms with Crippen LogP contribution in [-0.4, -0.2) is 17.1 Å². The third kappa shape index (κ3) is 1.67. The van der Waals surface area contributed by atoms with Gasteiger partial charge in [-0.3, -0.25) is 0 Å². The van der Waals surface area contributed by atoms with E-state index in [2.05, 4.69) is 9.97 Å². The first-order valence-electron chi connectivity index (χ1n) is 4.01. The van der Waals surface area contributed by atoms with Crippen LogP contribution in [0.2, 0.25) is 0 Å². The van der Waals surface area contributed by atoms with E-state index in [1.807, 2.05) is 17.5 Å². The second-order valence-electron chi connectivity index (χ2n) is 2.66. The molecule has 2 N–H and O–H groups in total. The monoisotopic (exact) mass is 207 g/mol. The van der Waals surface area contributed by atoms with Gasteiger partial charge >= 0.3 is 0 Å². The Hall–Kier alpha value is -1.62. The van der Waals surface area contributed by atoms with Crippen LogP contribution in [0.15, 0.2) is 23.7 Å². The highest BCUT2D eigenvalue weighted by Gasteiger charge is 2.03. The fraction of sp³-hybridized carbons (Fsp3) is 0.111. The lowest BCUT2D eigenvalue weighted by molar-refractivity contribution is 0.398. The number of methoxy groups -OCH3 is 1. The van der Waals surface area contributed by atoms with E-state index in [-0.39, 0.29) is 0 Å². The summed E-state index contributed by atoms with van der Waals surface area (Å²) in [6.07, 6.45) is 1.68. The molecule has 0 saturated carbocycles. The second-order valence-corrected chi connectivity index (χ2v) is 3.55. The first-order valence-corrected chi connectivity index (χ1v) is 4.89. The number of nitrogens with zero attached hydrogens (tertiary/aromatic N) is 2. The summed E-state index contributed by atoms with van der Waals surface area (Å²) >= 11 is 1.42. The Morgan fingerprint density at radius 2 is 2.36 bits per heavy atom. The van der Waals surface area contributed by atoms with E-state index in [4.69, 9.17) is 10.5 Å². The third-order valence-electron chi connectivity index (χ3n) is 1.76. The number of pyridine rings is 1. The molecule has 2 rings (SSSR count). The van der Waals surface area contributed by atoms with Gasteiger partial charge in [-0.1, -0.05) is 0 Å². The fourth-order valence-corrected chi connectivity index (χ4v) is 1.67. The predicted octanol–water partition coefficient (Wildman–Crippen LogP) is 1.80. The van der Waals surface area contributed by atoms with Gasteiger partial charge in [-0.25, -0.2) is 9.97 Å². The Bertz CT molecular complexity index is 441. The molecule has 0 fully saturated rings. The van der Waals surface area contributed by atoms with Crippen molar-refractivity contribution >= 4 is 16.5 Å². The first kappa shape index (κ1) is 8.96. The van der Waals surface area contributed by atoms with Gasteiger partial charge in [-0.2, -0.15) is 0 Å². The molecule has 0 unspecified atom stereocenters. The van der Waals surface area contributed by atoms with Crippen LogP contribution >= 0.6 is 11.3 Å². The molecule has 0 bridgehead atoms. The molecule has 0 aliphatic heterocycles. The van der Waals surface area contributed by atoms with Crippen molar-refractivity contribution < 1.29 is 4.74 Å². The Morgan fingerprint density at radius 1 is 1.50 bits per heavy atom. The van der Waals surface area contributed by atoms with Crippen molar-refractivity contribution in [2.24, 2.45) is 0 Å². The normalized spacial score (nSPS) is 10.1. The zero-order chi connectivity index (χ0) is 9.97. The maximum absolute atomic E-state index is 5.55. The molecule has 5 heteroatoms. The van der Waals surface area contributed by atoms with Crippen LogP contribution in [0.5, 0.6) is 5.88 Å². The van der Waals surface area contributed by atoms with E-state index >= 15 is 0 Å². The van der Waals surface area contributed by atoms with E-state index in [0.29, 0.717) is 11.0 Å². The number of hydrogen-bond acceptors (Lipinski definition) is 5. The van der Waals surface area contributed by atoms with Crippen molar-refractivity contribution in [3.63, 3.8) is 0 Å². The number of nitrogen functional groups attached to an aromatic ring is 1. The third-order valence-corrected chi connectivity index (χ3v) is 2.44. The fourth-order valence-electron chi connectivity index (χ4n) is 1.10. The lowest BCUT2D eigenvalue weighted by Gasteiger charge is -1.99. The first-order chi connectivity index (χ1) is 6.79. The minimum absolute atomic E-state index is 0.566. The van der Waals surface area contributed by atoms with Crippen LogP contribution in [0.4, 0.5) is 5.13 Å². The van der Waals surface area contributed by atoms with Gasteiger partial charge in [0.25, 0.3) is 0 Å². The maximum Gasteiger partial charge on any atom is 0.213 e. The lowest BCUT2D eigenvalue weighted by Crippen LogP contribution is -1.88. The molecule has 72 valence electrons. The van der Waals surface area contributed by atoms with Gasteiger partial charge in [-0.05, 0) is 6.07 Å². The largest absolute Gasteiger partial charge is 0.481 e. The van der Waals surface area contributed by atoms with Crippen LogP contribution in [0.3, 0.4) is 0 Å². The Morgan fingerprint density at radius 3 is 3.00 bits per heavy atom. The van der Waals surface area contributed by atoms with Gasteiger partial charge in [0.15, 0.2) is 5.13 Å². The number of anilines is 1. The number of hydrogen-bond donors (Lipinski definition) is 1. The summed E-state index contributed by atoms with van der Waals surface area (Å²) < 4.78 is 5.02. The molecule has 0 aliphatic rings. The quantitative estimate of drug-likeness (QED) is 0.815. The van der Waals surface area contributed by atoms with Gasteiger partial charge in [0.05, 0.1) is 12.8 Å². The molecule has 2 aromatic heterocycles. The molecular weight excluding hydrogens is 198 g/mol. The van der Waals surface area contributed by atoms with Crippen LogP contribution in [0.25, 0.3) is 11.3 Å². The van der Waals surface area contributed by atoms with Crippen molar-refractivity contribution in [1.82, 2.24) is 9.97 Å². The highest BCUT2D eigenvalue weighted by Crippen LogP contribution is 2.24. The number of ether oxygens (including phenoxy) is 1. The van der Waals surface area contributed by atoms with E-state index in [1.54, 1.807) is 13.3 Å². The van der Waals surface area contributed by atoms with Crippen LogP contribution in [-0.2, 0) is 0 Å². The molecule has 0 radical (unpaired) electrons. The Labute approximate surface area is 85.4 Å². The molecule has 0 aliphatic carbocycles. The molecule has 0 spiro atoms. The molecule has 2 aromatic rings. The maximum atomic E-state index is 5.55.